The summed E-state index contributed by atoms with van der Waals surface area (Å²) < 4.78 is 136. The minimum atomic E-state index is -2.62. The number of rotatable bonds is 36. The molecule has 12 heterocycles. The van der Waals surface area contributed by atoms with E-state index in [0.717, 1.165) is 27.7 Å². The van der Waals surface area contributed by atoms with Crippen LogP contribution in [-0.2, 0) is 128 Å². The van der Waals surface area contributed by atoms with Gasteiger partial charge in [-0.1, -0.05) is 0 Å². The highest BCUT2D eigenvalue weighted by atomic mass is 16.8. The predicted molar refractivity (Wildman–Crippen MR) is 439 cm³/mol. The number of aliphatic hydroxyl groups is 32. The molecule has 0 spiro atoms. The quantitative estimate of drug-likeness (QED) is 0.0277. The Morgan fingerprint density at radius 3 is 0.713 bits per heavy atom. The molecule has 36 N–H and O–H groups in total. The van der Waals surface area contributed by atoms with Gasteiger partial charge in [-0.15, -0.1) is 0 Å². The fourth-order valence-corrected chi connectivity index (χ4v) is 18.8. The second-order valence-corrected chi connectivity index (χ2v) is 36.6. The van der Waals surface area contributed by atoms with Crippen LogP contribution in [0.3, 0.4) is 0 Å². The number of ether oxygens (including phenoxy) is 23. The number of hydrogen-bond acceptors (Lipinski definition) is 59. The average Bonchev–Trinajstić information content (AvgIpc) is 0.783. The maximum Gasteiger partial charge on any atom is 0.217 e. The lowest BCUT2D eigenvalue weighted by atomic mass is 9.93. The summed E-state index contributed by atoms with van der Waals surface area (Å²) in [6, 6.07) is -8.17. The summed E-state index contributed by atoms with van der Waals surface area (Å²) in [5.41, 5.74) is 0. The molecular weight excluding hydrogens is 1960 g/mol. The zero-order chi connectivity index (χ0) is 105. The normalized spacial score (nSPS) is 50.7. The molecule has 12 rings (SSSR count). The molecule has 12 aliphatic heterocycles. The standard InChI is InChI=1S/C80H134N4O59/c1-17-37(98)48(109)54(115)74(122-17)142-67-50(111)39(100)23(7-85)127-79(67)137-61-28(12-90)129-70(33(44(61)105)81-19(3)94)121-16-32-43(104)66(58(119)78(133-32)135-60-30(14-92)130-71(34(46(60)107)82-20(4)95)140-65-42(103)26(10-88)126-77(57(65)118)136-63-27(11-89)124-69(120)53(114)52(63)113)141-73-35(83-21(5)96)45(106)59(29(13-91)131-73)134-76-56(117)64(41(102)25(9-87)125-76)139-72-36(84-22(6)97)47(108)62(31(15-93)132-72)138-80-68(51(112)40(101)24(8-86)128-80)143-75-55(116)49(110)38(99)18(2)123-75/h17-18,23-80,85-93,98-120H,7-16H2,1-6H3,(H,81,94)(H,82,95)(H,83,96)(H,84,97)/t17-,18-,23+,24+,25+,26+,27+,28+,29+,30+,31+,32+,33+,34+,35+,36+,37+,38+,39-,40-,41-,42-,43-,44+,45+,46+,47+,48+,49+,50-,51-,52+,53+,54-,55-,56+,57+,58+,59+,60+,61+,62+,63+,64-,65-,66-,67+,68+,69?,70+,71-,72-,73-,74-,75-,76-,77-,78-,79-,80-/m0/s1. The Morgan fingerprint density at radius 2 is 0.413 bits per heavy atom. The van der Waals surface area contributed by atoms with E-state index in [1.165, 1.54) is 13.8 Å². The van der Waals surface area contributed by atoms with Crippen LogP contribution in [0.25, 0.3) is 0 Å². The molecule has 63 heteroatoms. The first-order valence-electron chi connectivity index (χ1n) is 45.9. The van der Waals surface area contributed by atoms with E-state index in [2.05, 4.69) is 21.3 Å². The number of aliphatic hydroxyl groups excluding tert-OH is 32. The lowest BCUT2D eigenvalue weighted by molar-refractivity contribution is -0.394. The number of carbonyl (C=O) groups is 4. The van der Waals surface area contributed by atoms with Crippen molar-refractivity contribution in [2.24, 2.45) is 0 Å². The summed E-state index contributed by atoms with van der Waals surface area (Å²) in [4.78, 5) is 53.0. The van der Waals surface area contributed by atoms with Crippen molar-refractivity contribution in [3.8, 4) is 0 Å². The summed E-state index contributed by atoms with van der Waals surface area (Å²) in [6.07, 6.45) is -116. The largest absolute Gasteiger partial charge is 0.394 e. The van der Waals surface area contributed by atoms with Gasteiger partial charge in [0.15, 0.2) is 75.5 Å². The van der Waals surface area contributed by atoms with E-state index in [1.807, 2.05) is 0 Å². The van der Waals surface area contributed by atoms with E-state index in [4.69, 9.17) is 109 Å². The highest BCUT2D eigenvalue weighted by Crippen LogP contribution is 2.43. The smallest absolute Gasteiger partial charge is 0.217 e. The second-order valence-electron chi connectivity index (χ2n) is 36.6. The predicted octanol–water partition coefficient (Wildman–Crippen LogP) is -24.5. The van der Waals surface area contributed by atoms with Gasteiger partial charge in [0.2, 0.25) is 23.6 Å². The molecule has 0 saturated carbocycles. The Balaban J connectivity index is 0.822. The minimum absolute atomic E-state index is 0.866. The van der Waals surface area contributed by atoms with Crippen LogP contribution in [0.1, 0.15) is 41.5 Å². The molecule has 63 nitrogen and oxygen atoms in total. The first kappa shape index (κ1) is 117. The maximum atomic E-state index is 13.5. The third-order valence-electron chi connectivity index (χ3n) is 26.6. The molecule has 1 unspecified atom stereocenters. The average molecular weight is 2100 g/mol. The van der Waals surface area contributed by atoms with E-state index in [1.54, 1.807) is 0 Å². The van der Waals surface area contributed by atoms with E-state index in [-0.39, 0.29) is 0 Å². The number of nitrogens with one attached hydrogen (secondary N) is 4. The van der Waals surface area contributed by atoms with Crippen molar-refractivity contribution in [3.05, 3.63) is 0 Å². The fourth-order valence-electron chi connectivity index (χ4n) is 18.8. The van der Waals surface area contributed by atoms with Gasteiger partial charge in [0.25, 0.3) is 0 Å². The van der Waals surface area contributed by atoms with Crippen LogP contribution in [0.2, 0.25) is 0 Å². The SMILES string of the molecule is CC(=O)N[C@H]1[C@H](O[C@H]2[C@@H](O)[C@@H](CO[C@@H]3O[C@H](CO)[C@@H](O[C@@H]4O[C@H](CO)[C@H](O)[C@H](O)[C@H]4O[C@@H]4O[C@@H](C)[C@@H](O)[C@@H](O)[C@@H]4O)[C@H](O)[C@H]3NC(C)=O)O[C@@H](O[C@H]3[C@H](O)[C@@H](NC(C)=O)[C@H](O[C@H]4[C@@H](O)[C@@H](CO)O[C@@H](O[C@H]5[C@H](O)[C@@H](O)C(O)O[C@@H]5CO)[C@@H]4O)O[C@@H]3CO)[C@@H]2O)O[C@H](CO)[C@@H](O[C@@H]2O[C@H](CO)[C@H](O)[C@H](O[C@@H]3O[C@H](CO)[C@@H](O[C@@H]4O[C@H](CO)[C@H](O)[C@H](O)[C@H]4O[C@@H]4O[C@@H](C)[C@@H](O)[C@@H](O)[C@@H]4O)[C@H](O)[C@H]3NC(C)=O)[C@H]2O)[C@@H]1O. The van der Waals surface area contributed by atoms with Gasteiger partial charge in [0, 0.05) is 27.7 Å². The van der Waals surface area contributed by atoms with Crippen LogP contribution in [0.15, 0.2) is 0 Å². The summed E-state index contributed by atoms with van der Waals surface area (Å²) in [6.45, 7) is -5.48. The number of hydrogen-bond donors (Lipinski definition) is 36. The molecule has 4 amide bonds. The van der Waals surface area contributed by atoms with Crippen LogP contribution in [0.5, 0.6) is 0 Å². The molecule has 828 valence electrons. The molecule has 0 aromatic carbocycles. The van der Waals surface area contributed by atoms with Gasteiger partial charge in [-0.25, -0.2) is 0 Å². The summed E-state index contributed by atoms with van der Waals surface area (Å²) in [5, 5.41) is 369. The summed E-state index contributed by atoms with van der Waals surface area (Å²) in [5.74, 6) is -4.06. The van der Waals surface area contributed by atoms with Crippen LogP contribution in [-0.4, -0.2) is 621 Å². The van der Waals surface area contributed by atoms with Crippen molar-refractivity contribution >= 4 is 23.6 Å². The van der Waals surface area contributed by atoms with Gasteiger partial charge >= 0.3 is 0 Å². The Kier molecular flexibility index (Phi) is 41.8. The van der Waals surface area contributed by atoms with E-state index >= 15 is 0 Å². The van der Waals surface area contributed by atoms with Crippen molar-refractivity contribution in [3.63, 3.8) is 0 Å². The van der Waals surface area contributed by atoms with Gasteiger partial charge in [-0.2, -0.15) is 0 Å². The molecule has 12 fully saturated rings. The summed E-state index contributed by atoms with van der Waals surface area (Å²) >= 11 is 0. The van der Waals surface area contributed by atoms with E-state index in [9.17, 15) is 183 Å². The Labute approximate surface area is 809 Å². The Bertz CT molecular complexity index is 3960. The van der Waals surface area contributed by atoms with Crippen molar-refractivity contribution < 1.29 is 292 Å². The highest BCUT2D eigenvalue weighted by Gasteiger charge is 2.64. The molecule has 0 aromatic rings. The molecule has 0 bridgehead atoms. The number of carbonyl (C=O) groups excluding carboxylic acids is 4. The zero-order valence-corrected chi connectivity index (χ0v) is 77.0. The van der Waals surface area contributed by atoms with E-state index < -0.39 is 458 Å². The molecule has 0 aliphatic carbocycles. The van der Waals surface area contributed by atoms with Gasteiger partial charge in [0.05, 0.1) is 78.3 Å². The molecule has 0 radical (unpaired) electrons. The van der Waals surface area contributed by atoms with Crippen molar-refractivity contribution in [2.45, 2.75) is 410 Å². The lowest BCUT2D eigenvalue weighted by Crippen LogP contribution is -2.71. The van der Waals surface area contributed by atoms with Crippen molar-refractivity contribution in [2.75, 3.05) is 66.1 Å². The fraction of sp³-hybridized carbons (Fsp3) is 0.950. The molecule has 143 heavy (non-hydrogen) atoms. The third kappa shape index (κ3) is 25.6. The molecule has 12 aliphatic rings. The van der Waals surface area contributed by atoms with Crippen molar-refractivity contribution in [1.82, 2.24) is 21.3 Å². The lowest BCUT2D eigenvalue weighted by Gasteiger charge is -2.51. The van der Waals surface area contributed by atoms with E-state index in [0.29, 0.717) is 0 Å². The maximum absolute atomic E-state index is 13.5. The monoisotopic (exact) mass is 2090 g/mol. The Morgan fingerprint density at radius 1 is 0.196 bits per heavy atom. The summed E-state index contributed by atoms with van der Waals surface area (Å²) in [7, 11) is 0. The third-order valence-corrected chi connectivity index (χ3v) is 26.6. The minimum Gasteiger partial charge on any atom is -0.394 e. The van der Waals surface area contributed by atoms with Gasteiger partial charge in [0.1, 0.15) is 281 Å². The topological polar surface area (TPSA) is 976 Å². The molecular formula is C80H134N4O59. The van der Waals surface area contributed by atoms with Gasteiger partial charge < -0.3 is 294 Å². The van der Waals surface area contributed by atoms with Crippen LogP contribution in [0, 0.1) is 0 Å². The molecule has 12 saturated heterocycles. The molecule has 60 atom stereocenters. The Hall–Kier alpha value is -4.32. The second kappa shape index (κ2) is 51.0. The van der Waals surface area contributed by atoms with Crippen LogP contribution in [0.4, 0.5) is 0 Å². The van der Waals surface area contributed by atoms with Gasteiger partial charge in [-0.3, -0.25) is 19.2 Å². The number of amides is 4. The van der Waals surface area contributed by atoms with Crippen LogP contribution >= 0.6 is 0 Å². The first-order valence-corrected chi connectivity index (χ1v) is 45.9. The zero-order valence-electron chi connectivity index (χ0n) is 77.0. The van der Waals surface area contributed by atoms with Crippen molar-refractivity contribution in [1.29, 1.82) is 0 Å². The van der Waals surface area contributed by atoms with Crippen LogP contribution < -0.4 is 21.3 Å². The molecule has 0 aromatic heterocycles. The highest BCUT2D eigenvalue weighted by molar-refractivity contribution is 5.74. The van der Waals surface area contributed by atoms with Gasteiger partial charge in [-0.05, 0) is 13.8 Å². The first-order chi connectivity index (χ1) is 67.6.